The predicted octanol–water partition coefficient (Wildman–Crippen LogP) is 0.675. The number of nitrogens with zero attached hydrogens (tertiary/aromatic N) is 2. The monoisotopic (exact) mass is 230 g/mol. The molecule has 0 amide bonds. The lowest BCUT2D eigenvalue weighted by Crippen LogP contribution is -2.38. The minimum atomic E-state index is -0.299. The molecule has 1 aromatic heterocycles. The topological polar surface area (TPSA) is 44.0 Å². The van der Waals surface area contributed by atoms with E-state index in [1.54, 1.807) is 13.2 Å². The fraction of sp³-hybridized carbons (Fsp3) is 0.231. The molecule has 4 heteroatoms. The van der Waals surface area contributed by atoms with Crippen molar-refractivity contribution in [3.63, 3.8) is 0 Å². The Morgan fingerprint density at radius 2 is 1.71 bits per heavy atom. The van der Waals surface area contributed by atoms with E-state index in [2.05, 4.69) is 0 Å². The maximum atomic E-state index is 11.9. The highest BCUT2D eigenvalue weighted by Gasteiger charge is 2.06. The van der Waals surface area contributed by atoms with Gasteiger partial charge in [-0.2, -0.15) is 0 Å². The fourth-order valence-electron chi connectivity index (χ4n) is 1.82. The van der Waals surface area contributed by atoms with Gasteiger partial charge in [0.05, 0.1) is 0 Å². The van der Waals surface area contributed by atoms with Crippen LogP contribution in [-0.4, -0.2) is 9.13 Å². The van der Waals surface area contributed by atoms with Gasteiger partial charge in [-0.05, 0) is 5.56 Å². The van der Waals surface area contributed by atoms with Crippen LogP contribution in [0, 0.1) is 0 Å². The third kappa shape index (κ3) is 2.20. The molecule has 0 bridgehead atoms. The first-order chi connectivity index (χ1) is 8.09. The summed E-state index contributed by atoms with van der Waals surface area (Å²) in [5.74, 6) is 0. The molecule has 1 aromatic carbocycles. The molecule has 88 valence electrons. The molecule has 0 N–H and O–H groups in total. The Morgan fingerprint density at radius 1 is 1.06 bits per heavy atom. The molecule has 0 aliphatic rings. The van der Waals surface area contributed by atoms with E-state index < -0.39 is 0 Å². The van der Waals surface area contributed by atoms with Crippen molar-refractivity contribution in [1.82, 2.24) is 9.13 Å². The van der Waals surface area contributed by atoms with Crippen molar-refractivity contribution < 1.29 is 0 Å². The van der Waals surface area contributed by atoms with E-state index in [1.165, 1.54) is 11.6 Å². The summed E-state index contributed by atoms with van der Waals surface area (Å²) in [6.45, 7) is 0. The molecular weight excluding hydrogens is 216 g/mol. The maximum Gasteiger partial charge on any atom is 0.330 e. The van der Waals surface area contributed by atoms with Crippen molar-refractivity contribution >= 4 is 0 Å². The van der Waals surface area contributed by atoms with Gasteiger partial charge in [-0.25, -0.2) is 4.79 Å². The van der Waals surface area contributed by atoms with Gasteiger partial charge in [0, 0.05) is 32.3 Å². The SMILES string of the molecule is Cn1cc(Cc2ccccc2)c(=O)n(C)c1=O. The average molecular weight is 230 g/mol. The second kappa shape index (κ2) is 4.41. The number of aryl methyl sites for hydroxylation is 1. The van der Waals surface area contributed by atoms with Gasteiger partial charge >= 0.3 is 5.69 Å². The van der Waals surface area contributed by atoms with Crippen LogP contribution < -0.4 is 11.2 Å². The van der Waals surface area contributed by atoms with Gasteiger partial charge in [-0.3, -0.25) is 9.36 Å². The molecular formula is C13H14N2O2. The number of aromatic nitrogens is 2. The molecule has 0 fully saturated rings. The molecule has 2 rings (SSSR count). The number of hydrogen-bond donors (Lipinski definition) is 0. The number of rotatable bonds is 2. The first-order valence-electron chi connectivity index (χ1n) is 5.39. The van der Waals surface area contributed by atoms with Crippen LogP contribution in [0.1, 0.15) is 11.1 Å². The highest BCUT2D eigenvalue weighted by molar-refractivity contribution is 5.22. The molecule has 0 aliphatic carbocycles. The summed E-state index contributed by atoms with van der Waals surface area (Å²) in [4.78, 5) is 23.4. The molecule has 0 spiro atoms. The molecule has 2 aromatic rings. The lowest BCUT2D eigenvalue weighted by atomic mass is 10.1. The van der Waals surface area contributed by atoms with Crippen molar-refractivity contribution in [2.75, 3.05) is 0 Å². The summed E-state index contributed by atoms with van der Waals surface area (Å²) in [7, 11) is 3.15. The average Bonchev–Trinajstić information content (AvgIpc) is 2.35. The first-order valence-corrected chi connectivity index (χ1v) is 5.39. The van der Waals surface area contributed by atoms with Gasteiger partial charge in [0.2, 0.25) is 0 Å². The maximum absolute atomic E-state index is 11.9. The van der Waals surface area contributed by atoms with Gasteiger partial charge < -0.3 is 4.57 Å². The van der Waals surface area contributed by atoms with Crippen molar-refractivity contribution in [1.29, 1.82) is 0 Å². The summed E-state index contributed by atoms with van der Waals surface area (Å²) in [6, 6.07) is 9.72. The largest absolute Gasteiger partial charge is 0.330 e. The lowest BCUT2D eigenvalue weighted by molar-refractivity contribution is 0.672. The van der Waals surface area contributed by atoms with E-state index >= 15 is 0 Å². The molecule has 0 aliphatic heterocycles. The van der Waals surface area contributed by atoms with Crippen LogP contribution in [-0.2, 0) is 20.5 Å². The molecule has 17 heavy (non-hydrogen) atoms. The van der Waals surface area contributed by atoms with Crippen molar-refractivity contribution in [3.05, 3.63) is 68.5 Å². The van der Waals surface area contributed by atoms with Crippen molar-refractivity contribution in [2.24, 2.45) is 14.1 Å². The molecule has 1 heterocycles. The van der Waals surface area contributed by atoms with Crippen LogP contribution in [0.25, 0.3) is 0 Å². The Hall–Kier alpha value is -2.10. The smallest absolute Gasteiger partial charge is 0.303 e. The van der Waals surface area contributed by atoms with Crippen LogP contribution in [0.3, 0.4) is 0 Å². The van der Waals surface area contributed by atoms with Crippen molar-refractivity contribution in [2.45, 2.75) is 6.42 Å². The van der Waals surface area contributed by atoms with Gasteiger partial charge in [0.15, 0.2) is 0 Å². The van der Waals surface area contributed by atoms with E-state index in [0.29, 0.717) is 12.0 Å². The Balaban J connectivity index is 2.48. The third-order valence-corrected chi connectivity index (χ3v) is 2.75. The van der Waals surface area contributed by atoms with Crippen LogP contribution in [0.15, 0.2) is 46.1 Å². The standard InChI is InChI=1S/C13H14N2O2/c1-14-9-11(12(16)15(2)13(14)17)8-10-6-4-3-5-7-10/h3-7,9H,8H2,1-2H3. The fourth-order valence-corrected chi connectivity index (χ4v) is 1.82. The zero-order valence-corrected chi connectivity index (χ0v) is 9.88. The van der Waals surface area contributed by atoms with Crippen LogP contribution in [0.2, 0.25) is 0 Å². The molecule has 0 saturated heterocycles. The highest BCUT2D eigenvalue weighted by Crippen LogP contribution is 2.04. The second-order valence-corrected chi connectivity index (χ2v) is 4.07. The van der Waals surface area contributed by atoms with Gasteiger partial charge in [-0.15, -0.1) is 0 Å². The molecule has 0 radical (unpaired) electrons. The highest BCUT2D eigenvalue weighted by atomic mass is 16.2. The molecule has 0 unspecified atom stereocenters. The summed E-state index contributed by atoms with van der Waals surface area (Å²) in [5.41, 5.74) is 1.16. The minimum absolute atomic E-state index is 0.225. The quantitative estimate of drug-likeness (QED) is 0.761. The molecule has 4 nitrogen and oxygen atoms in total. The zero-order valence-electron chi connectivity index (χ0n) is 9.88. The number of benzene rings is 1. The van der Waals surface area contributed by atoms with Crippen molar-refractivity contribution in [3.8, 4) is 0 Å². The summed E-state index contributed by atoms with van der Waals surface area (Å²) in [5, 5.41) is 0. The van der Waals surface area contributed by atoms with Crippen LogP contribution >= 0.6 is 0 Å². The van der Waals surface area contributed by atoms with E-state index in [4.69, 9.17) is 0 Å². The zero-order chi connectivity index (χ0) is 12.4. The van der Waals surface area contributed by atoms with Gasteiger partial charge in [-0.1, -0.05) is 30.3 Å². The van der Waals surface area contributed by atoms with Gasteiger partial charge in [0.1, 0.15) is 0 Å². The number of hydrogen-bond acceptors (Lipinski definition) is 2. The summed E-state index contributed by atoms with van der Waals surface area (Å²) < 4.78 is 2.57. The Kier molecular flexibility index (Phi) is 2.95. The Labute approximate surface area is 98.8 Å². The van der Waals surface area contributed by atoms with Crippen LogP contribution in [0.4, 0.5) is 0 Å². The van der Waals surface area contributed by atoms with E-state index in [-0.39, 0.29) is 11.2 Å². The summed E-state index contributed by atoms with van der Waals surface area (Å²) >= 11 is 0. The third-order valence-electron chi connectivity index (χ3n) is 2.75. The predicted molar refractivity (Wildman–Crippen MR) is 66.2 cm³/mol. The lowest BCUT2D eigenvalue weighted by Gasteiger charge is -2.06. The van der Waals surface area contributed by atoms with Crippen LogP contribution in [0.5, 0.6) is 0 Å². The Morgan fingerprint density at radius 3 is 2.35 bits per heavy atom. The van der Waals surface area contributed by atoms with E-state index in [1.807, 2.05) is 30.3 Å². The Bertz CT molecular complexity index is 639. The first kappa shape index (κ1) is 11.4. The summed E-state index contributed by atoms with van der Waals surface area (Å²) in [6.07, 6.45) is 2.15. The van der Waals surface area contributed by atoms with E-state index in [9.17, 15) is 9.59 Å². The normalized spacial score (nSPS) is 10.5. The van der Waals surface area contributed by atoms with Gasteiger partial charge in [0.25, 0.3) is 5.56 Å². The van der Waals surface area contributed by atoms with E-state index in [0.717, 1.165) is 10.1 Å². The molecule has 0 atom stereocenters. The molecule has 0 saturated carbocycles. The second-order valence-electron chi connectivity index (χ2n) is 4.07. The minimum Gasteiger partial charge on any atom is -0.303 e.